The van der Waals surface area contributed by atoms with Gasteiger partial charge in [-0.05, 0) is 0 Å². The second kappa shape index (κ2) is 6.93. The molecule has 10 heteroatoms. The van der Waals surface area contributed by atoms with Crippen LogP contribution in [0.25, 0.3) is 0 Å². The number of halogens is 1. The van der Waals surface area contributed by atoms with Crippen molar-refractivity contribution >= 4 is 15.9 Å². The van der Waals surface area contributed by atoms with E-state index in [9.17, 15) is 17.6 Å². The Morgan fingerprint density at radius 2 is 2.13 bits per heavy atom. The molecule has 1 saturated heterocycles. The van der Waals surface area contributed by atoms with Gasteiger partial charge in [0.25, 0.3) is 15.9 Å². The minimum Gasteiger partial charge on any atom is -0.383 e. The highest BCUT2D eigenvalue weighted by molar-refractivity contribution is 7.89. The lowest BCUT2D eigenvalue weighted by Crippen LogP contribution is -2.52. The van der Waals surface area contributed by atoms with Crippen molar-refractivity contribution in [3.8, 4) is 0 Å². The van der Waals surface area contributed by atoms with Crippen LogP contribution in [0.4, 0.5) is 4.39 Å². The first-order chi connectivity index (χ1) is 10.8. The van der Waals surface area contributed by atoms with E-state index in [1.165, 1.54) is 24.2 Å². The molecule has 1 amide bonds. The molecule has 0 radical (unpaired) electrons. The van der Waals surface area contributed by atoms with E-state index >= 15 is 0 Å². The summed E-state index contributed by atoms with van der Waals surface area (Å²) in [5.41, 5.74) is -2.05. The van der Waals surface area contributed by atoms with Crippen molar-refractivity contribution < 1.29 is 22.3 Å². The van der Waals surface area contributed by atoms with Crippen LogP contribution in [0.3, 0.4) is 0 Å². The number of methoxy groups -OCH3 is 1. The molecule has 0 bridgehead atoms. The van der Waals surface area contributed by atoms with Crippen LogP contribution in [0.2, 0.25) is 0 Å². The van der Waals surface area contributed by atoms with E-state index in [0.29, 0.717) is 6.61 Å². The molecule has 8 nitrogen and oxygen atoms in total. The predicted octanol–water partition coefficient (Wildman–Crippen LogP) is -0.324. The maximum atomic E-state index is 14.7. The van der Waals surface area contributed by atoms with Crippen LogP contribution in [-0.2, 0) is 26.6 Å². The molecule has 23 heavy (non-hydrogen) atoms. The van der Waals surface area contributed by atoms with Crippen molar-refractivity contribution in [2.75, 3.05) is 33.4 Å². The van der Waals surface area contributed by atoms with Gasteiger partial charge < -0.3 is 14.6 Å². The number of nitrogens with zero attached hydrogens (tertiary/aromatic N) is 3. The standard InChI is InChI=1S/C13H21FN4O4S/c1-17-9-11(16-10-17)23(20,21)18-6-3-13(14,4-7-18)12(19)15-5-8-22-2/h9-10H,3-8H2,1-2H3,(H,15,19). The third-order valence-corrected chi connectivity index (χ3v) is 5.58. The number of sulfonamides is 1. The number of hydrogen-bond donors (Lipinski definition) is 1. The Bertz CT molecular complexity index is 653. The molecule has 1 aliphatic heterocycles. The molecule has 0 spiro atoms. The SMILES string of the molecule is COCCNC(=O)C1(F)CCN(S(=O)(=O)c2cn(C)cn2)CC1. The quantitative estimate of drug-likeness (QED) is 0.711. The van der Waals surface area contributed by atoms with Crippen LogP contribution in [0.15, 0.2) is 17.6 Å². The maximum Gasteiger partial charge on any atom is 0.262 e. The second-order valence-electron chi connectivity index (χ2n) is 5.50. The third-order valence-electron chi connectivity index (χ3n) is 3.80. The fraction of sp³-hybridized carbons (Fsp3) is 0.692. The van der Waals surface area contributed by atoms with Crippen LogP contribution < -0.4 is 5.32 Å². The van der Waals surface area contributed by atoms with Crippen molar-refractivity contribution in [2.24, 2.45) is 7.05 Å². The van der Waals surface area contributed by atoms with Crippen molar-refractivity contribution in [3.63, 3.8) is 0 Å². The lowest BCUT2D eigenvalue weighted by Gasteiger charge is -2.34. The highest BCUT2D eigenvalue weighted by Gasteiger charge is 2.44. The summed E-state index contributed by atoms with van der Waals surface area (Å²) in [7, 11) is -0.605. The lowest BCUT2D eigenvalue weighted by atomic mass is 9.93. The van der Waals surface area contributed by atoms with Crippen LogP contribution in [0, 0.1) is 0 Å². The molecule has 1 aliphatic rings. The van der Waals surface area contributed by atoms with Gasteiger partial charge in [-0.25, -0.2) is 17.8 Å². The molecular weight excluding hydrogens is 327 g/mol. The summed E-state index contributed by atoms with van der Waals surface area (Å²) >= 11 is 0. The number of nitrogens with one attached hydrogen (secondary N) is 1. The van der Waals surface area contributed by atoms with Gasteiger partial charge in [0.05, 0.1) is 12.9 Å². The van der Waals surface area contributed by atoms with Gasteiger partial charge in [-0.2, -0.15) is 4.31 Å². The third kappa shape index (κ3) is 3.88. The number of ether oxygens (including phenoxy) is 1. The Balaban J connectivity index is 1.99. The molecule has 0 unspecified atom stereocenters. The summed E-state index contributed by atoms with van der Waals surface area (Å²) in [5, 5.41) is 2.39. The van der Waals surface area contributed by atoms with E-state index in [4.69, 9.17) is 4.74 Å². The van der Waals surface area contributed by atoms with E-state index in [2.05, 4.69) is 10.3 Å². The topological polar surface area (TPSA) is 93.5 Å². The van der Waals surface area contributed by atoms with Gasteiger partial charge in [0, 0.05) is 52.8 Å². The largest absolute Gasteiger partial charge is 0.383 e. The van der Waals surface area contributed by atoms with Crippen molar-refractivity contribution in [1.29, 1.82) is 0 Å². The van der Waals surface area contributed by atoms with E-state index < -0.39 is 21.6 Å². The zero-order chi connectivity index (χ0) is 17.1. The predicted molar refractivity (Wildman–Crippen MR) is 79.9 cm³/mol. The molecule has 1 N–H and O–H groups in total. The molecule has 0 saturated carbocycles. The Morgan fingerprint density at radius 3 is 2.65 bits per heavy atom. The molecule has 130 valence electrons. The summed E-state index contributed by atoms with van der Waals surface area (Å²) in [6.07, 6.45) is 2.42. The number of piperidine rings is 1. The number of carbonyl (C=O) groups excluding carboxylic acids is 1. The number of aryl methyl sites for hydroxylation is 1. The average Bonchev–Trinajstić information content (AvgIpc) is 2.95. The summed E-state index contributed by atoms with van der Waals surface area (Å²) in [4.78, 5) is 15.7. The second-order valence-corrected chi connectivity index (χ2v) is 7.38. The highest BCUT2D eigenvalue weighted by Crippen LogP contribution is 2.29. The molecular formula is C13H21FN4O4S. The van der Waals surface area contributed by atoms with Crippen LogP contribution >= 0.6 is 0 Å². The fourth-order valence-electron chi connectivity index (χ4n) is 2.39. The van der Waals surface area contributed by atoms with Gasteiger partial charge in [0.1, 0.15) is 0 Å². The minimum atomic E-state index is -3.75. The van der Waals surface area contributed by atoms with Crippen molar-refractivity contribution in [2.45, 2.75) is 23.5 Å². The van der Waals surface area contributed by atoms with Gasteiger partial charge in [0.2, 0.25) is 0 Å². The fourth-order valence-corrected chi connectivity index (χ4v) is 3.80. The summed E-state index contributed by atoms with van der Waals surface area (Å²) in [6, 6.07) is 0. The number of alkyl halides is 1. The van der Waals surface area contributed by atoms with E-state index in [-0.39, 0.29) is 37.5 Å². The Labute approximate surface area is 134 Å². The molecule has 0 aliphatic carbocycles. The highest BCUT2D eigenvalue weighted by atomic mass is 32.2. The monoisotopic (exact) mass is 348 g/mol. The molecule has 2 rings (SSSR count). The van der Waals surface area contributed by atoms with E-state index in [1.807, 2.05) is 0 Å². The number of imidazole rings is 1. The first kappa shape index (κ1) is 17.8. The Kier molecular flexibility index (Phi) is 5.37. The molecule has 1 aromatic heterocycles. The average molecular weight is 348 g/mol. The number of aromatic nitrogens is 2. The maximum absolute atomic E-state index is 14.7. The summed E-state index contributed by atoms with van der Waals surface area (Å²) in [5.74, 6) is -0.718. The molecule has 0 atom stereocenters. The normalized spacial score (nSPS) is 18.7. The number of carbonyl (C=O) groups is 1. The van der Waals surface area contributed by atoms with Crippen molar-refractivity contribution in [3.05, 3.63) is 12.5 Å². The Morgan fingerprint density at radius 1 is 1.48 bits per heavy atom. The zero-order valence-corrected chi connectivity index (χ0v) is 14.0. The first-order valence-electron chi connectivity index (χ1n) is 7.24. The van der Waals surface area contributed by atoms with Gasteiger partial charge >= 0.3 is 0 Å². The summed E-state index contributed by atoms with van der Waals surface area (Å²) < 4.78 is 47.0. The van der Waals surface area contributed by atoms with E-state index in [0.717, 1.165) is 4.31 Å². The molecule has 2 heterocycles. The first-order valence-corrected chi connectivity index (χ1v) is 8.68. The van der Waals surface area contributed by atoms with Gasteiger partial charge in [-0.1, -0.05) is 0 Å². The van der Waals surface area contributed by atoms with Crippen LogP contribution in [0.5, 0.6) is 0 Å². The minimum absolute atomic E-state index is 0.0624. The van der Waals surface area contributed by atoms with E-state index in [1.54, 1.807) is 7.05 Å². The van der Waals surface area contributed by atoms with Gasteiger partial charge in [-0.15, -0.1) is 0 Å². The van der Waals surface area contributed by atoms with Crippen LogP contribution in [-0.4, -0.2) is 67.2 Å². The number of hydrogen-bond acceptors (Lipinski definition) is 5. The molecule has 1 aromatic rings. The summed E-state index contributed by atoms with van der Waals surface area (Å²) in [6.45, 7) is 0.388. The smallest absolute Gasteiger partial charge is 0.262 e. The number of rotatable bonds is 6. The van der Waals surface area contributed by atoms with Gasteiger partial charge in [-0.3, -0.25) is 4.79 Å². The van der Waals surface area contributed by atoms with Crippen LogP contribution in [0.1, 0.15) is 12.8 Å². The Hall–Kier alpha value is -1.52. The lowest BCUT2D eigenvalue weighted by molar-refractivity contribution is -0.135. The van der Waals surface area contributed by atoms with Crippen molar-refractivity contribution in [1.82, 2.24) is 19.2 Å². The number of amides is 1. The van der Waals surface area contributed by atoms with Gasteiger partial charge in [0.15, 0.2) is 10.7 Å². The molecule has 1 fully saturated rings. The molecule has 0 aromatic carbocycles. The zero-order valence-electron chi connectivity index (χ0n) is 13.2.